The van der Waals surface area contributed by atoms with Crippen molar-refractivity contribution in [2.75, 3.05) is 32.2 Å². The van der Waals surface area contributed by atoms with Crippen molar-refractivity contribution in [3.05, 3.63) is 77.5 Å². The Morgan fingerprint density at radius 1 is 1.15 bits per heavy atom. The number of aromatic nitrogens is 4. The van der Waals surface area contributed by atoms with Gasteiger partial charge in [-0.3, -0.25) is 4.98 Å². The Labute approximate surface area is 230 Å². The molecule has 0 saturated carbocycles. The lowest BCUT2D eigenvalue weighted by atomic mass is 9.89. The number of alkyl carbamates (subject to hydrolysis) is 1. The number of nitrogens with two attached hydrogens (primary N) is 1. The van der Waals surface area contributed by atoms with Crippen molar-refractivity contribution in [2.45, 2.75) is 32.0 Å². The van der Waals surface area contributed by atoms with Crippen LogP contribution in [-0.2, 0) is 22.5 Å². The molecule has 0 bridgehead atoms. The first-order valence-corrected chi connectivity index (χ1v) is 12.9. The number of rotatable bonds is 7. The van der Waals surface area contributed by atoms with E-state index in [0.717, 1.165) is 11.3 Å². The van der Waals surface area contributed by atoms with E-state index in [1.165, 1.54) is 26.4 Å². The van der Waals surface area contributed by atoms with E-state index < -0.39 is 17.7 Å². The second-order valence-electron chi connectivity index (χ2n) is 9.99. The number of halogens is 2. The van der Waals surface area contributed by atoms with Crippen LogP contribution in [0.25, 0.3) is 16.8 Å². The first kappa shape index (κ1) is 27.4. The highest BCUT2D eigenvalue weighted by molar-refractivity contribution is 5.68. The van der Waals surface area contributed by atoms with Crippen molar-refractivity contribution in [1.82, 2.24) is 24.9 Å². The number of ether oxygens (including phenoxy) is 2. The maximum Gasteiger partial charge on any atom is 0.407 e. The third kappa shape index (κ3) is 5.45. The second kappa shape index (κ2) is 11.5. The Hall–Kier alpha value is -4.16. The highest BCUT2D eigenvalue weighted by Crippen LogP contribution is 2.29. The fraction of sp³-hybridized carbons (Fsp3) is 0.357. The van der Waals surface area contributed by atoms with Gasteiger partial charge in [0.05, 0.1) is 42.7 Å². The number of methoxy groups -OCH3 is 2. The number of carbonyl (C=O) groups excluding carboxylic acids is 1. The van der Waals surface area contributed by atoms with Crippen LogP contribution in [0.2, 0.25) is 0 Å². The van der Waals surface area contributed by atoms with Gasteiger partial charge in [-0.1, -0.05) is 6.92 Å². The van der Waals surface area contributed by atoms with Crippen molar-refractivity contribution in [1.29, 1.82) is 0 Å². The van der Waals surface area contributed by atoms with Crippen LogP contribution in [-0.4, -0.2) is 65.1 Å². The largest absolute Gasteiger partial charge is 0.453 e. The molecule has 1 saturated heterocycles. The minimum atomic E-state index is -0.717. The molecule has 12 heteroatoms. The number of piperidine rings is 1. The monoisotopic (exact) mass is 551 g/mol. The molecule has 40 heavy (non-hydrogen) atoms. The topological polar surface area (TPSA) is 120 Å². The van der Waals surface area contributed by atoms with Crippen molar-refractivity contribution in [3.63, 3.8) is 0 Å². The van der Waals surface area contributed by atoms with Gasteiger partial charge in [0, 0.05) is 56.3 Å². The van der Waals surface area contributed by atoms with Gasteiger partial charge >= 0.3 is 6.09 Å². The number of pyridine rings is 1. The predicted octanol–water partition coefficient (Wildman–Crippen LogP) is 3.31. The van der Waals surface area contributed by atoms with Gasteiger partial charge in [0.2, 0.25) is 0 Å². The number of nitrogens with one attached hydrogen (secondary N) is 1. The number of imidazole rings is 1. The first-order chi connectivity index (χ1) is 19.3. The fourth-order valence-electron chi connectivity index (χ4n) is 5.31. The third-order valence-corrected chi connectivity index (χ3v) is 7.17. The summed E-state index contributed by atoms with van der Waals surface area (Å²) in [5, 5.41) is 7.39. The molecule has 0 aliphatic carbocycles. The van der Waals surface area contributed by atoms with Crippen LogP contribution in [0.4, 0.5) is 19.3 Å². The summed E-state index contributed by atoms with van der Waals surface area (Å²) in [6, 6.07) is 7.18. The summed E-state index contributed by atoms with van der Waals surface area (Å²) >= 11 is 0. The number of nitrogens with zero attached hydrogens (tertiary/aromatic N) is 5. The maximum atomic E-state index is 14.9. The highest BCUT2D eigenvalue weighted by Gasteiger charge is 2.34. The summed E-state index contributed by atoms with van der Waals surface area (Å²) in [6.07, 6.45) is 5.01. The number of hydrogen-bond donors (Lipinski definition) is 2. The molecule has 1 amide bonds. The molecule has 4 aromatic rings. The van der Waals surface area contributed by atoms with Gasteiger partial charge in [0.1, 0.15) is 17.5 Å². The molecule has 5 rings (SSSR count). The Balaban J connectivity index is 1.43. The van der Waals surface area contributed by atoms with E-state index in [1.807, 2.05) is 13.0 Å². The molecule has 1 aliphatic rings. The standard InChI is InChI=1S/C28H31F2N7O3/c1-16-13-36(14-22(31)27(16)34-28(38)40-3)24-6-7-32-11-18(24)10-25-33-12-19-4-5-23(35-37(19)25)26-20(29)8-17(15-39-2)9-21(26)30/h4-9,11-12,16,22,27H,10,13-15,31H2,1-3H3,(H,34,38)/t16-,22+,27-/m0/s1. The van der Waals surface area contributed by atoms with Gasteiger partial charge in [0.15, 0.2) is 0 Å². The smallest absolute Gasteiger partial charge is 0.407 e. The predicted molar refractivity (Wildman–Crippen MR) is 145 cm³/mol. The van der Waals surface area contributed by atoms with E-state index in [0.29, 0.717) is 36.4 Å². The molecule has 0 radical (unpaired) electrons. The molecule has 3 atom stereocenters. The molecular formula is C28H31F2N7O3. The summed E-state index contributed by atoms with van der Waals surface area (Å²) in [5.41, 5.74) is 9.31. The minimum absolute atomic E-state index is 0.0559. The molecule has 4 heterocycles. The molecule has 1 aliphatic heterocycles. The zero-order valence-corrected chi connectivity index (χ0v) is 22.5. The SMILES string of the molecule is COCc1cc(F)c(-c2ccc3cnc(Cc4cnccc4N4C[C@@H](N)[C@@H](NC(=O)OC)[C@@H](C)C4)n3n2)c(F)c1. The van der Waals surface area contributed by atoms with Gasteiger partial charge in [0.25, 0.3) is 0 Å². The molecule has 0 spiro atoms. The number of fused-ring (bicyclic) bond motifs is 1. The van der Waals surface area contributed by atoms with Crippen molar-refractivity contribution < 1.29 is 23.0 Å². The van der Waals surface area contributed by atoms with Crippen LogP contribution in [0.5, 0.6) is 0 Å². The Bertz CT molecular complexity index is 1490. The highest BCUT2D eigenvalue weighted by atomic mass is 19.1. The van der Waals surface area contributed by atoms with Crippen LogP contribution >= 0.6 is 0 Å². The molecular weight excluding hydrogens is 520 g/mol. The first-order valence-electron chi connectivity index (χ1n) is 12.9. The summed E-state index contributed by atoms with van der Waals surface area (Å²) in [4.78, 5) is 22.8. The Kier molecular flexibility index (Phi) is 7.90. The lowest BCUT2D eigenvalue weighted by molar-refractivity contribution is 0.156. The molecule has 0 unspecified atom stereocenters. The average Bonchev–Trinajstić information content (AvgIpc) is 3.32. The summed E-state index contributed by atoms with van der Waals surface area (Å²) in [5.74, 6) is -0.792. The number of hydrogen-bond acceptors (Lipinski definition) is 8. The van der Waals surface area contributed by atoms with Gasteiger partial charge < -0.3 is 25.4 Å². The normalized spacial score (nSPS) is 19.1. The van der Waals surface area contributed by atoms with Crippen LogP contribution in [0.15, 0.2) is 48.9 Å². The number of amides is 1. The van der Waals surface area contributed by atoms with Crippen molar-refractivity contribution >= 4 is 17.3 Å². The number of anilines is 1. The van der Waals surface area contributed by atoms with Crippen LogP contribution in [0, 0.1) is 17.6 Å². The average molecular weight is 552 g/mol. The molecule has 10 nitrogen and oxygen atoms in total. The summed E-state index contributed by atoms with van der Waals surface area (Å²) in [6.45, 7) is 3.30. The van der Waals surface area contributed by atoms with Crippen LogP contribution in [0.1, 0.15) is 23.9 Å². The third-order valence-electron chi connectivity index (χ3n) is 7.17. The van der Waals surface area contributed by atoms with Gasteiger partial charge in [-0.2, -0.15) is 5.10 Å². The van der Waals surface area contributed by atoms with Gasteiger partial charge in [-0.25, -0.2) is 23.1 Å². The van der Waals surface area contributed by atoms with E-state index in [2.05, 4.69) is 25.3 Å². The molecule has 3 N–H and O–H groups in total. The van der Waals surface area contributed by atoms with E-state index in [4.69, 9.17) is 15.2 Å². The van der Waals surface area contributed by atoms with Crippen LogP contribution in [0.3, 0.4) is 0 Å². The Morgan fingerprint density at radius 3 is 2.62 bits per heavy atom. The lowest BCUT2D eigenvalue weighted by Gasteiger charge is -2.42. The zero-order valence-electron chi connectivity index (χ0n) is 22.5. The molecule has 3 aromatic heterocycles. The molecule has 1 aromatic carbocycles. The van der Waals surface area contributed by atoms with Crippen LogP contribution < -0.4 is 16.0 Å². The Morgan fingerprint density at radius 2 is 1.93 bits per heavy atom. The number of benzene rings is 1. The molecule has 210 valence electrons. The minimum Gasteiger partial charge on any atom is -0.453 e. The van der Waals surface area contributed by atoms with Gasteiger partial charge in [-0.05, 0) is 41.8 Å². The quantitative estimate of drug-likeness (QED) is 0.359. The van der Waals surface area contributed by atoms with E-state index in [1.54, 1.807) is 35.2 Å². The molecule has 1 fully saturated rings. The second-order valence-corrected chi connectivity index (χ2v) is 9.99. The zero-order chi connectivity index (χ0) is 28.4. The summed E-state index contributed by atoms with van der Waals surface area (Å²) < 4.78 is 41.2. The van der Waals surface area contributed by atoms with E-state index >= 15 is 0 Å². The number of carbonyl (C=O) groups is 1. The maximum absolute atomic E-state index is 14.9. The van der Waals surface area contributed by atoms with Gasteiger partial charge in [-0.15, -0.1) is 0 Å². The summed E-state index contributed by atoms with van der Waals surface area (Å²) in [7, 11) is 2.79. The lowest BCUT2D eigenvalue weighted by Crippen LogP contribution is -2.62. The van der Waals surface area contributed by atoms with Crippen molar-refractivity contribution in [3.8, 4) is 11.3 Å². The van der Waals surface area contributed by atoms with Crippen molar-refractivity contribution in [2.24, 2.45) is 11.7 Å². The van der Waals surface area contributed by atoms with E-state index in [9.17, 15) is 13.6 Å². The fourth-order valence-corrected chi connectivity index (χ4v) is 5.31. The van der Waals surface area contributed by atoms with E-state index in [-0.39, 0.29) is 35.9 Å².